The van der Waals surface area contributed by atoms with E-state index in [2.05, 4.69) is 0 Å². The molecular weight excluding hydrogens is 304 g/mol. The molecule has 0 bridgehead atoms. The van der Waals surface area contributed by atoms with Crippen LogP contribution in [0.25, 0.3) is 0 Å². The molecule has 2 saturated heterocycles. The van der Waals surface area contributed by atoms with Crippen molar-refractivity contribution in [1.29, 1.82) is 0 Å². The van der Waals surface area contributed by atoms with E-state index in [9.17, 15) is 4.79 Å². The van der Waals surface area contributed by atoms with Crippen LogP contribution in [0.1, 0.15) is 29.6 Å². The maximum Gasteiger partial charge on any atom is 0.254 e. The van der Waals surface area contributed by atoms with Crippen molar-refractivity contribution in [3.63, 3.8) is 0 Å². The van der Waals surface area contributed by atoms with Crippen LogP contribution in [0.3, 0.4) is 0 Å². The molecule has 2 aliphatic rings. The zero-order valence-electron chi connectivity index (χ0n) is 12.6. The molecular formula is C16H23ClN2O3. The van der Waals surface area contributed by atoms with Crippen LogP contribution in [0.4, 0.5) is 0 Å². The van der Waals surface area contributed by atoms with Crippen LogP contribution in [0, 0.1) is 0 Å². The molecule has 0 aromatic heterocycles. The minimum absolute atomic E-state index is 0. The van der Waals surface area contributed by atoms with E-state index in [4.69, 9.17) is 15.2 Å². The Hall–Kier alpha value is -1.30. The predicted molar refractivity (Wildman–Crippen MR) is 86.7 cm³/mol. The third-order valence-electron chi connectivity index (χ3n) is 4.05. The lowest BCUT2D eigenvalue weighted by molar-refractivity contribution is 0.0678. The van der Waals surface area contributed by atoms with Gasteiger partial charge in [0.05, 0.1) is 6.10 Å². The number of carbonyl (C=O) groups is 1. The molecule has 1 aromatic carbocycles. The Labute approximate surface area is 137 Å². The van der Waals surface area contributed by atoms with Crippen LogP contribution >= 0.6 is 12.4 Å². The van der Waals surface area contributed by atoms with Crippen molar-refractivity contribution in [1.82, 2.24) is 4.90 Å². The smallest absolute Gasteiger partial charge is 0.254 e. The average molecular weight is 327 g/mol. The number of ether oxygens (including phenoxy) is 2. The van der Waals surface area contributed by atoms with Crippen LogP contribution in [0.15, 0.2) is 24.3 Å². The lowest BCUT2D eigenvalue weighted by Crippen LogP contribution is -2.31. The number of likely N-dealkylation sites (tertiary alicyclic amines) is 1. The van der Waals surface area contributed by atoms with Gasteiger partial charge in [0, 0.05) is 31.3 Å². The highest BCUT2D eigenvalue weighted by atomic mass is 35.5. The Morgan fingerprint density at radius 3 is 2.95 bits per heavy atom. The fraction of sp³-hybridized carbons (Fsp3) is 0.562. The molecule has 1 aromatic rings. The molecule has 2 fully saturated rings. The summed E-state index contributed by atoms with van der Waals surface area (Å²) in [5.41, 5.74) is 6.52. The van der Waals surface area contributed by atoms with Crippen LogP contribution < -0.4 is 10.5 Å². The second-order valence-electron chi connectivity index (χ2n) is 5.77. The van der Waals surface area contributed by atoms with E-state index >= 15 is 0 Å². The molecule has 122 valence electrons. The van der Waals surface area contributed by atoms with Crippen molar-refractivity contribution in [2.45, 2.75) is 31.4 Å². The maximum absolute atomic E-state index is 12.4. The van der Waals surface area contributed by atoms with Crippen LogP contribution in [0.2, 0.25) is 0 Å². The predicted octanol–water partition coefficient (Wildman–Crippen LogP) is 1.84. The highest BCUT2D eigenvalue weighted by Crippen LogP contribution is 2.19. The van der Waals surface area contributed by atoms with Crippen LogP contribution in [0.5, 0.6) is 5.75 Å². The van der Waals surface area contributed by atoms with E-state index in [1.54, 1.807) is 6.07 Å². The Balaban J connectivity index is 0.00000176. The molecule has 22 heavy (non-hydrogen) atoms. The third kappa shape index (κ3) is 4.12. The van der Waals surface area contributed by atoms with Gasteiger partial charge in [-0.3, -0.25) is 4.79 Å². The van der Waals surface area contributed by atoms with Gasteiger partial charge < -0.3 is 20.1 Å². The van der Waals surface area contributed by atoms with Crippen molar-refractivity contribution in [3.8, 4) is 5.75 Å². The molecule has 2 N–H and O–H groups in total. The second kappa shape index (κ2) is 7.81. The molecule has 0 saturated carbocycles. The van der Waals surface area contributed by atoms with Gasteiger partial charge in [0.2, 0.25) is 0 Å². The summed E-state index contributed by atoms with van der Waals surface area (Å²) in [6.07, 6.45) is 3.20. The van der Waals surface area contributed by atoms with Gasteiger partial charge in [0.1, 0.15) is 12.4 Å². The number of amides is 1. The summed E-state index contributed by atoms with van der Waals surface area (Å²) in [6.45, 7) is 2.74. The van der Waals surface area contributed by atoms with Gasteiger partial charge in [0.25, 0.3) is 5.91 Å². The van der Waals surface area contributed by atoms with E-state index in [1.807, 2.05) is 23.1 Å². The third-order valence-corrected chi connectivity index (χ3v) is 4.05. The number of nitrogens with zero attached hydrogens (tertiary/aromatic N) is 1. The van der Waals surface area contributed by atoms with Crippen molar-refractivity contribution in [2.24, 2.45) is 5.73 Å². The Bertz CT molecular complexity index is 506. The van der Waals surface area contributed by atoms with Gasteiger partial charge >= 0.3 is 0 Å². The summed E-state index contributed by atoms with van der Waals surface area (Å²) >= 11 is 0. The first kappa shape index (κ1) is 17.1. The summed E-state index contributed by atoms with van der Waals surface area (Å²) in [7, 11) is 0. The molecule has 0 aliphatic carbocycles. The first-order valence-corrected chi connectivity index (χ1v) is 7.62. The minimum atomic E-state index is 0. The fourth-order valence-corrected chi connectivity index (χ4v) is 2.84. The summed E-state index contributed by atoms with van der Waals surface area (Å²) in [5, 5.41) is 0. The Morgan fingerprint density at radius 2 is 2.27 bits per heavy atom. The normalized spacial score (nSPS) is 24.1. The molecule has 1 unspecified atom stereocenters. The Kier molecular flexibility index (Phi) is 6.06. The summed E-state index contributed by atoms with van der Waals surface area (Å²) in [4.78, 5) is 14.2. The van der Waals surface area contributed by atoms with Gasteiger partial charge in [-0.05, 0) is 37.5 Å². The highest BCUT2D eigenvalue weighted by molar-refractivity contribution is 5.94. The Morgan fingerprint density at radius 1 is 1.41 bits per heavy atom. The molecule has 1 amide bonds. The molecule has 2 aliphatic heterocycles. The molecule has 0 spiro atoms. The SMILES string of the molecule is Cl.N[C@H]1CCN(C(=O)c2cccc(OCC3CCCO3)c2)C1. The lowest BCUT2D eigenvalue weighted by atomic mass is 10.2. The van der Waals surface area contributed by atoms with Gasteiger partial charge in [-0.1, -0.05) is 6.07 Å². The van der Waals surface area contributed by atoms with Crippen molar-refractivity contribution in [2.75, 3.05) is 26.3 Å². The van der Waals surface area contributed by atoms with Crippen molar-refractivity contribution >= 4 is 18.3 Å². The number of halogens is 1. The second-order valence-corrected chi connectivity index (χ2v) is 5.77. The standard InChI is InChI=1S/C16H22N2O3.ClH/c17-13-6-7-18(10-13)16(19)12-3-1-4-14(9-12)21-11-15-5-2-8-20-15;/h1,3-4,9,13,15H,2,5-8,10-11,17H2;1H/t13-,15?;/m0./s1. The van der Waals surface area contributed by atoms with Crippen LogP contribution in [-0.4, -0.2) is 49.3 Å². The van der Waals surface area contributed by atoms with Gasteiger partial charge in [-0.2, -0.15) is 0 Å². The number of rotatable bonds is 4. The summed E-state index contributed by atoms with van der Waals surface area (Å²) in [6, 6.07) is 7.47. The van der Waals surface area contributed by atoms with Crippen molar-refractivity contribution < 1.29 is 14.3 Å². The van der Waals surface area contributed by atoms with Gasteiger partial charge in [0.15, 0.2) is 0 Å². The zero-order chi connectivity index (χ0) is 14.7. The molecule has 3 rings (SSSR count). The molecule has 2 heterocycles. The van der Waals surface area contributed by atoms with E-state index < -0.39 is 0 Å². The van der Waals surface area contributed by atoms with E-state index in [0.29, 0.717) is 18.7 Å². The molecule has 5 nitrogen and oxygen atoms in total. The number of carbonyl (C=O) groups excluding carboxylic acids is 1. The summed E-state index contributed by atoms with van der Waals surface area (Å²) < 4.78 is 11.3. The summed E-state index contributed by atoms with van der Waals surface area (Å²) in [5.74, 6) is 0.755. The minimum Gasteiger partial charge on any atom is -0.491 e. The number of nitrogens with two attached hydrogens (primary N) is 1. The molecule has 6 heteroatoms. The molecule has 2 atom stereocenters. The molecule has 0 radical (unpaired) electrons. The average Bonchev–Trinajstić information content (AvgIpc) is 3.16. The quantitative estimate of drug-likeness (QED) is 0.917. The number of hydrogen-bond donors (Lipinski definition) is 1. The first-order chi connectivity index (χ1) is 10.2. The van der Waals surface area contributed by atoms with Gasteiger partial charge in [-0.25, -0.2) is 0 Å². The number of benzene rings is 1. The van der Waals surface area contributed by atoms with Gasteiger partial charge in [-0.15, -0.1) is 12.4 Å². The number of hydrogen-bond acceptors (Lipinski definition) is 4. The first-order valence-electron chi connectivity index (χ1n) is 7.62. The fourth-order valence-electron chi connectivity index (χ4n) is 2.84. The van der Waals surface area contributed by atoms with E-state index in [0.717, 1.165) is 38.2 Å². The monoisotopic (exact) mass is 326 g/mol. The lowest BCUT2D eigenvalue weighted by Gasteiger charge is -2.17. The zero-order valence-corrected chi connectivity index (χ0v) is 13.4. The van der Waals surface area contributed by atoms with Crippen LogP contribution in [-0.2, 0) is 4.74 Å². The van der Waals surface area contributed by atoms with E-state index in [-0.39, 0.29) is 30.5 Å². The maximum atomic E-state index is 12.4. The van der Waals surface area contributed by atoms with E-state index in [1.165, 1.54) is 0 Å². The topological polar surface area (TPSA) is 64.8 Å². The highest BCUT2D eigenvalue weighted by Gasteiger charge is 2.24. The van der Waals surface area contributed by atoms with Crippen molar-refractivity contribution in [3.05, 3.63) is 29.8 Å². The largest absolute Gasteiger partial charge is 0.491 e.